The number of ether oxygens (including phenoxy) is 1. The third kappa shape index (κ3) is 4.48. The molecule has 0 fully saturated rings. The Morgan fingerprint density at radius 3 is 2.42 bits per heavy atom. The molecule has 0 saturated carbocycles. The number of hydrogen-bond donors (Lipinski definition) is 0. The first kappa shape index (κ1) is 17.8. The van der Waals surface area contributed by atoms with Gasteiger partial charge in [0.1, 0.15) is 6.54 Å². The predicted octanol–water partition coefficient (Wildman–Crippen LogP) is 3.71. The van der Waals surface area contributed by atoms with Crippen LogP contribution in [0.3, 0.4) is 0 Å². The molecule has 0 aliphatic heterocycles. The second kappa shape index (κ2) is 8.34. The predicted molar refractivity (Wildman–Crippen MR) is 91.2 cm³/mol. The zero-order valence-corrected chi connectivity index (χ0v) is 13.9. The Hall–Kier alpha value is -2.55. The molecule has 2 aromatic carbocycles. The monoisotopic (exact) mass is 362 g/mol. The second-order valence-electron chi connectivity index (χ2n) is 4.68. The number of para-hydroxylation sites is 1. The van der Waals surface area contributed by atoms with Gasteiger partial charge in [-0.15, -0.1) is 0 Å². The van der Waals surface area contributed by atoms with Crippen molar-refractivity contribution in [3.8, 4) is 6.07 Å². The summed E-state index contributed by atoms with van der Waals surface area (Å²) in [7, 11) is 0. The van der Waals surface area contributed by atoms with E-state index in [1.54, 1.807) is 30.3 Å². The number of carbonyl (C=O) groups is 2. The molecular weight excluding hydrogens is 351 g/mol. The Morgan fingerprint density at radius 1 is 1.08 bits per heavy atom. The average molecular weight is 363 g/mol. The topological polar surface area (TPSA) is 70.4 Å². The van der Waals surface area contributed by atoms with Crippen LogP contribution in [0.15, 0.2) is 48.5 Å². The van der Waals surface area contributed by atoms with Crippen LogP contribution in [0.25, 0.3) is 0 Å². The van der Waals surface area contributed by atoms with E-state index in [2.05, 4.69) is 0 Å². The molecule has 2 aromatic rings. The van der Waals surface area contributed by atoms with Crippen LogP contribution in [0.1, 0.15) is 10.4 Å². The summed E-state index contributed by atoms with van der Waals surface area (Å²) in [6.45, 7) is -0.636. The highest BCUT2D eigenvalue weighted by atomic mass is 35.5. The molecule has 2 rings (SSSR count). The summed E-state index contributed by atoms with van der Waals surface area (Å²) in [6.07, 6.45) is 0. The molecule has 0 atom stereocenters. The average Bonchev–Trinajstić information content (AvgIpc) is 2.60. The van der Waals surface area contributed by atoms with Gasteiger partial charge in [0.05, 0.1) is 21.7 Å². The number of hydrogen-bond acceptors (Lipinski definition) is 4. The van der Waals surface area contributed by atoms with Gasteiger partial charge in [-0.3, -0.25) is 9.69 Å². The number of halogens is 2. The molecule has 1 amide bonds. The number of nitrogens with zero attached hydrogens (tertiary/aromatic N) is 2. The van der Waals surface area contributed by atoms with Crippen LogP contribution < -0.4 is 4.90 Å². The lowest BCUT2D eigenvalue weighted by atomic mass is 10.2. The number of anilines is 1. The van der Waals surface area contributed by atoms with Gasteiger partial charge in [0.2, 0.25) is 0 Å². The smallest absolute Gasteiger partial charge is 0.338 e. The quantitative estimate of drug-likeness (QED) is 0.600. The van der Waals surface area contributed by atoms with Gasteiger partial charge < -0.3 is 4.74 Å². The molecule has 0 unspecified atom stereocenters. The fraction of sp³-hybridized carbons (Fsp3) is 0.118. The zero-order chi connectivity index (χ0) is 17.5. The van der Waals surface area contributed by atoms with Crippen LogP contribution in [0.2, 0.25) is 10.0 Å². The van der Waals surface area contributed by atoms with Crippen LogP contribution in [0.5, 0.6) is 0 Å². The summed E-state index contributed by atoms with van der Waals surface area (Å²) in [6, 6.07) is 14.9. The van der Waals surface area contributed by atoms with Gasteiger partial charge in [-0.1, -0.05) is 41.4 Å². The molecular formula is C17H12Cl2N2O3. The Bertz CT molecular complexity index is 788. The van der Waals surface area contributed by atoms with Crippen molar-refractivity contribution in [1.82, 2.24) is 0 Å². The third-order valence-corrected chi connectivity index (χ3v) is 3.82. The summed E-state index contributed by atoms with van der Waals surface area (Å²) in [5.74, 6) is -1.21. The van der Waals surface area contributed by atoms with E-state index in [0.717, 1.165) is 0 Å². The minimum absolute atomic E-state index is 0.146. The van der Waals surface area contributed by atoms with Crippen molar-refractivity contribution in [2.24, 2.45) is 0 Å². The summed E-state index contributed by atoms with van der Waals surface area (Å²) in [5, 5.41) is 9.41. The zero-order valence-electron chi connectivity index (χ0n) is 12.4. The summed E-state index contributed by atoms with van der Waals surface area (Å²) in [5.41, 5.74) is 0.735. The molecule has 7 heteroatoms. The molecule has 0 heterocycles. The minimum Gasteiger partial charge on any atom is -0.452 e. The fourth-order valence-electron chi connectivity index (χ4n) is 1.91. The number of esters is 1. The molecule has 0 N–H and O–H groups in total. The molecule has 0 spiro atoms. The van der Waals surface area contributed by atoms with Gasteiger partial charge >= 0.3 is 5.97 Å². The largest absolute Gasteiger partial charge is 0.452 e. The molecule has 24 heavy (non-hydrogen) atoms. The molecule has 5 nitrogen and oxygen atoms in total. The van der Waals surface area contributed by atoms with Crippen molar-refractivity contribution in [3.63, 3.8) is 0 Å². The summed E-state index contributed by atoms with van der Waals surface area (Å²) >= 11 is 11.6. The first-order valence-electron chi connectivity index (χ1n) is 6.87. The number of nitriles is 1. The Kier molecular flexibility index (Phi) is 6.19. The maximum atomic E-state index is 12.2. The number of rotatable bonds is 5. The SMILES string of the molecule is N#CCN(C(=O)COC(=O)c1ccc(Cl)c(Cl)c1)c1ccccc1. The van der Waals surface area contributed by atoms with Crippen molar-refractivity contribution < 1.29 is 14.3 Å². The molecule has 0 radical (unpaired) electrons. The van der Waals surface area contributed by atoms with Crippen molar-refractivity contribution in [3.05, 3.63) is 64.1 Å². The van der Waals surface area contributed by atoms with Gasteiger partial charge in [0, 0.05) is 5.69 Å². The maximum absolute atomic E-state index is 12.2. The normalized spacial score (nSPS) is 9.88. The van der Waals surface area contributed by atoms with Crippen molar-refractivity contribution >= 4 is 40.8 Å². The first-order chi connectivity index (χ1) is 11.5. The van der Waals surface area contributed by atoms with Crippen molar-refractivity contribution in [2.45, 2.75) is 0 Å². The van der Waals surface area contributed by atoms with Gasteiger partial charge in [0.25, 0.3) is 5.91 Å². The highest BCUT2D eigenvalue weighted by Crippen LogP contribution is 2.23. The van der Waals surface area contributed by atoms with E-state index in [4.69, 9.17) is 33.2 Å². The van der Waals surface area contributed by atoms with E-state index < -0.39 is 18.5 Å². The number of amides is 1. The Labute approximate surface area is 149 Å². The number of benzene rings is 2. The van der Waals surface area contributed by atoms with E-state index in [9.17, 15) is 9.59 Å². The Morgan fingerprint density at radius 2 is 1.79 bits per heavy atom. The lowest BCUT2D eigenvalue weighted by Gasteiger charge is -2.19. The molecule has 0 bridgehead atoms. The van der Waals surface area contributed by atoms with Crippen molar-refractivity contribution in [2.75, 3.05) is 18.1 Å². The van der Waals surface area contributed by atoms with Gasteiger partial charge in [-0.2, -0.15) is 5.26 Å². The van der Waals surface area contributed by atoms with Crippen LogP contribution in [0, 0.1) is 11.3 Å². The summed E-state index contributed by atoms with van der Waals surface area (Å²) < 4.78 is 4.99. The van der Waals surface area contributed by atoms with Crippen LogP contribution in [-0.4, -0.2) is 25.0 Å². The summed E-state index contributed by atoms with van der Waals surface area (Å²) in [4.78, 5) is 25.4. The highest BCUT2D eigenvalue weighted by molar-refractivity contribution is 6.42. The van der Waals surface area contributed by atoms with E-state index in [0.29, 0.717) is 10.7 Å². The van der Waals surface area contributed by atoms with Crippen molar-refractivity contribution in [1.29, 1.82) is 5.26 Å². The third-order valence-electron chi connectivity index (χ3n) is 3.08. The minimum atomic E-state index is -0.702. The molecule has 0 saturated heterocycles. The lowest BCUT2D eigenvalue weighted by Crippen LogP contribution is -2.35. The second-order valence-corrected chi connectivity index (χ2v) is 5.49. The highest BCUT2D eigenvalue weighted by Gasteiger charge is 2.18. The molecule has 0 aliphatic carbocycles. The standard InChI is InChI=1S/C17H12Cl2N2O3/c18-14-7-6-12(10-15(14)19)17(23)24-11-16(22)21(9-8-20)13-4-2-1-3-5-13/h1-7,10H,9,11H2. The van der Waals surface area contributed by atoms with E-state index in [1.807, 2.05) is 6.07 Å². The van der Waals surface area contributed by atoms with Gasteiger partial charge in [-0.25, -0.2) is 4.79 Å². The van der Waals surface area contributed by atoms with Crippen LogP contribution >= 0.6 is 23.2 Å². The molecule has 0 aromatic heterocycles. The van der Waals surface area contributed by atoms with E-state index in [-0.39, 0.29) is 17.1 Å². The maximum Gasteiger partial charge on any atom is 0.338 e. The Balaban J connectivity index is 2.04. The van der Waals surface area contributed by atoms with Crippen LogP contribution in [-0.2, 0) is 9.53 Å². The lowest BCUT2D eigenvalue weighted by molar-refractivity contribution is -0.121. The van der Waals surface area contributed by atoms with Gasteiger partial charge in [-0.05, 0) is 30.3 Å². The molecule has 122 valence electrons. The fourth-order valence-corrected chi connectivity index (χ4v) is 2.21. The molecule has 0 aliphatic rings. The van der Waals surface area contributed by atoms with E-state index >= 15 is 0 Å². The van der Waals surface area contributed by atoms with Crippen LogP contribution in [0.4, 0.5) is 5.69 Å². The van der Waals surface area contributed by atoms with E-state index in [1.165, 1.54) is 23.1 Å². The van der Waals surface area contributed by atoms with Gasteiger partial charge in [0.15, 0.2) is 6.61 Å². The first-order valence-corrected chi connectivity index (χ1v) is 7.63. The number of carbonyl (C=O) groups excluding carboxylic acids is 2.